The Morgan fingerprint density at radius 2 is 1.86 bits per heavy atom. The fourth-order valence-corrected chi connectivity index (χ4v) is 5.45. The van der Waals surface area contributed by atoms with Crippen LogP contribution in [0.25, 0.3) is 11.0 Å². The fourth-order valence-electron chi connectivity index (χ4n) is 5.45. The number of nitrogens with zero attached hydrogens (tertiary/aromatic N) is 3. The molecular formula is C27H29N3O6. The van der Waals surface area contributed by atoms with Gasteiger partial charge in [0.15, 0.2) is 11.5 Å². The fraction of sp³-hybridized carbons (Fsp3) is 0.444. The number of methoxy groups -OCH3 is 1. The molecule has 3 aromatic rings. The molecule has 1 saturated heterocycles. The van der Waals surface area contributed by atoms with E-state index in [0.29, 0.717) is 75.7 Å². The maximum absolute atomic E-state index is 12.8. The number of fused-ring (bicyclic) bond motifs is 2. The number of carbonyl (C=O) groups excluding carboxylic acids is 1. The van der Waals surface area contributed by atoms with Gasteiger partial charge in [-0.05, 0) is 68.4 Å². The lowest BCUT2D eigenvalue weighted by Crippen LogP contribution is -2.45. The molecule has 9 heteroatoms. The molecule has 0 bridgehead atoms. The van der Waals surface area contributed by atoms with Crippen molar-refractivity contribution in [2.45, 2.75) is 49.7 Å². The number of pyridine rings is 2. The highest BCUT2D eigenvalue weighted by Crippen LogP contribution is 2.45. The van der Waals surface area contributed by atoms with Gasteiger partial charge in [0.2, 0.25) is 5.88 Å². The Morgan fingerprint density at radius 3 is 2.67 bits per heavy atom. The van der Waals surface area contributed by atoms with Crippen LogP contribution in [0.15, 0.2) is 42.6 Å². The van der Waals surface area contributed by atoms with Gasteiger partial charge in [-0.1, -0.05) is 0 Å². The number of rotatable bonds is 5. The molecule has 2 aromatic heterocycles. The third-order valence-corrected chi connectivity index (χ3v) is 7.61. The van der Waals surface area contributed by atoms with E-state index in [1.165, 1.54) is 0 Å². The maximum Gasteiger partial charge on any atom is 0.415 e. The van der Waals surface area contributed by atoms with Crippen molar-refractivity contribution >= 4 is 22.8 Å². The molecule has 0 atom stereocenters. The molecule has 1 spiro atoms. The molecule has 1 N–H and O–H groups in total. The van der Waals surface area contributed by atoms with Gasteiger partial charge in [-0.2, -0.15) is 0 Å². The van der Waals surface area contributed by atoms with E-state index in [9.17, 15) is 9.90 Å². The predicted molar refractivity (Wildman–Crippen MR) is 132 cm³/mol. The van der Waals surface area contributed by atoms with E-state index >= 15 is 0 Å². The number of benzene rings is 1. The van der Waals surface area contributed by atoms with Crippen LogP contribution in [0.4, 0.5) is 10.5 Å². The minimum absolute atomic E-state index is 0.361. The number of hydrogen-bond donors (Lipinski definition) is 1. The van der Waals surface area contributed by atoms with Crippen molar-refractivity contribution in [3.8, 4) is 17.4 Å². The summed E-state index contributed by atoms with van der Waals surface area (Å²) in [6.07, 6.45) is 5.03. The molecule has 4 heterocycles. The van der Waals surface area contributed by atoms with Crippen LogP contribution in [0, 0.1) is 0 Å². The van der Waals surface area contributed by atoms with Crippen molar-refractivity contribution in [1.82, 2.24) is 9.97 Å². The minimum Gasteiger partial charge on any atom is -0.486 e. The molecular weight excluding hydrogens is 462 g/mol. The van der Waals surface area contributed by atoms with E-state index in [1.54, 1.807) is 24.3 Å². The zero-order chi connectivity index (χ0) is 24.8. The summed E-state index contributed by atoms with van der Waals surface area (Å²) in [7, 11) is 1.59. The summed E-state index contributed by atoms with van der Waals surface area (Å²) in [6, 6.07) is 11.2. The summed E-state index contributed by atoms with van der Waals surface area (Å²) >= 11 is 0. The normalized spacial score (nSPS) is 25.3. The van der Waals surface area contributed by atoms with Gasteiger partial charge in [0.05, 0.1) is 36.0 Å². The maximum atomic E-state index is 12.8. The van der Waals surface area contributed by atoms with Crippen LogP contribution < -0.4 is 19.1 Å². The Hall–Kier alpha value is -3.59. The van der Waals surface area contributed by atoms with Crippen molar-refractivity contribution in [3.05, 3.63) is 48.2 Å². The number of anilines is 1. The first-order chi connectivity index (χ1) is 17.5. The first-order valence-corrected chi connectivity index (χ1v) is 12.4. The van der Waals surface area contributed by atoms with E-state index in [2.05, 4.69) is 9.97 Å². The molecule has 1 aromatic carbocycles. The van der Waals surface area contributed by atoms with Crippen LogP contribution in [0.3, 0.4) is 0 Å². The van der Waals surface area contributed by atoms with Crippen LogP contribution in [0.1, 0.15) is 37.7 Å². The molecule has 3 aliphatic rings. The van der Waals surface area contributed by atoms with E-state index < -0.39 is 11.2 Å². The Balaban J connectivity index is 1.12. The van der Waals surface area contributed by atoms with Gasteiger partial charge >= 0.3 is 6.09 Å². The molecule has 0 unspecified atom stereocenters. The summed E-state index contributed by atoms with van der Waals surface area (Å²) in [5, 5.41) is 11.4. The highest BCUT2D eigenvalue weighted by molar-refractivity contribution is 5.90. The second-order valence-corrected chi connectivity index (χ2v) is 9.88. The first kappa shape index (κ1) is 22.8. The molecule has 1 aliphatic carbocycles. The molecule has 1 saturated carbocycles. The van der Waals surface area contributed by atoms with Crippen molar-refractivity contribution < 1.29 is 28.8 Å². The van der Waals surface area contributed by atoms with Gasteiger partial charge in [0, 0.05) is 18.3 Å². The lowest BCUT2D eigenvalue weighted by molar-refractivity contribution is -0.0695. The van der Waals surface area contributed by atoms with Crippen LogP contribution in [0.5, 0.6) is 17.4 Å². The minimum atomic E-state index is -0.823. The van der Waals surface area contributed by atoms with E-state index in [-0.39, 0.29) is 6.09 Å². The Kier molecular flexibility index (Phi) is 5.59. The zero-order valence-corrected chi connectivity index (χ0v) is 20.2. The van der Waals surface area contributed by atoms with Crippen molar-refractivity contribution in [2.75, 3.05) is 31.8 Å². The van der Waals surface area contributed by atoms with Gasteiger partial charge in [0.25, 0.3) is 0 Å². The number of aromatic nitrogens is 2. The summed E-state index contributed by atoms with van der Waals surface area (Å²) in [4.78, 5) is 23.4. The quantitative estimate of drug-likeness (QED) is 0.570. The van der Waals surface area contributed by atoms with E-state index in [4.69, 9.17) is 18.9 Å². The van der Waals surface area contributed by atoms with Gasteiger partial charge in [-0.25, -0.2) is 9.78 Å². The third-order valence-electron chi connectivity index (χ3n) is 7.61. The molecule has 36 heavy (non-hydrogen) atoms. The topological polar surface area (TPSA) is 103 Å². The lowest BCUT2D eigenvalue weighted by Gasteiger charge is -2.40. The number of ether oxygens (including phenoxy) is 4. The molecule has 2 fully saturated rings. The van der Waals surface area contributed by atoms with E-state index in [1.807, 2.05) is 30.3 Å². The molecule has 6 rings (SSSR count). The smallest absolute Gasteiger partial charge is 0.415 e. The largest absolute Gasteiger partial charge is 0.486 e. The van der Waals surface area contributed by atoms with Crippen LogP contribution in [0.2, 0.25) is 0 Å². The SMILES string of the molecule is COc1ccc2nccc(CCC3(O)CCC4(CC3)CN(c3ccc5c(c3)OCCO5)C(=O)O4)c2n1. The average Bonchev–Trinajstić information content (AvgIpc) is 3.24. The summed E-state index contributed by atoms with van der Waals surface area (Å²) < 4.78 is 22.5. The first-order valence-electron chi connectivity index (χ1n) is 12.4. The summed E-state index contributed by atoms with van der Waals surface area (Å²) in [5.74, 6) is 1.87. The number of hydrogen-bond acceptors (Lipinski definition) is 8. The lowest BCUT2D eigenvalue weighted by atomic mass is 9.73. The van der Waals surface area contributed by atoms with Gasteiger partial charge in [-0.3, -0.25) is 9.88 Å². The van der Waals surface area contributed by atoms with Gasteiger partial charge in [-0.15, -0.1) is 0 Å². The summed E-state index contributed by atoms with van der Waals surface area (Å²) in [6.45, 7) is 1.47. The number of aryl methyl sites for hydroxylation is 1. The highest BCUT2D eigenvalue weighted by atomic mass is 16.6. The van der Waals surface area contributed by atoms with Crippen molar-refractivity contribution in [3.63, 3.8) is 0 Å². The van der Waals surface area contributed by atoms with Gasteiger partial charge in [0.1, 0.15) is 18.8 Å². The third kappa shape index (κ3) is 4.17. The zero-order valence-electron chi connectivity index (χ0n) is 20.2. The second kappa shape index (κ2) is 8.81. The Labute approximate surface area is 209 Å². The molecule has 188 valence electrons. The van der Waals surface area contributed by atoms with Crippen molar-refractivity contribution in [1.29, 1.82) is 0 Å². The summed E-state index contributed by atoms with van der Waals surface area (Å²) in [5.41, 5.74) is 1.96. The number of aliphatic hydroxyl groups is 1. The molecule has 2 aliphatic heterocycles. The standard InChI is InChI=1S/C27H29N3O6/c1-33-23-5-3-20-24(29-23)18(7-13-28-20)6-8-26(32)9-11-27(12-10-26)17-30(25(31)36-27)19-2-4-21-22(16-19)35-15-14-34-21/h2-5,7,13,16,32H,6,8-12,14-15,17H2,1H3. The number of amides is 1. The second-order valence-electron chi connectivity index (χ2n) is 9.88. The molecule has 0 radical (unpaired) electrons. The Bertz CT molecular complexity index is 1300. The van der Waals surface area contributed by atoms with Crippen LogP contribution in [-0.2, 0) is 11.2 Å². The monoisotopic (exact) mass is 491 g/mol. The number of carbonyl (C=O) groups is 1. The predicted octanol–water partition coefficient (Wildman–Crippen LogP) is 4.04. The van der Waals surface area contributed by atoms with E-state index in [0.717, 1.165) is 22.3 Å². The Morgan fingerprint density at radius 1 is 1.06 bits per heavy atom. The van der Waals surface area contributed by atoms with Crippen LogP contribution in [-0.4, -0.2) is 59.2 Å². The molecule has 1 amide bonds. The molecule has 9 nitrogen and oxygen atoms in total. The average molecular weight is 492 g/mol. The van der Waals surface area contributed by atoms with Crippen LogP contribution >= 0.6 is 0 Å². The van der Waals surface area contributed by atoms with Crippen molar-refractivity contribution in [2.24, 2.45) is 0 Å². The van der Waals surface area contributed by atoms with Gasteiger partial charge < -0.3 is 24.1 Å². The highest BCUT2D eigenvalue weighted by Gasteiger charge is 2.50.